The third-order valence-electron chi connectivity index (χ3n) is 5.03. The Morgan fingerprint density at radius 3 is 1.69 bits per heavy atom. The highest BCUT2D eigenvalue weighted by atomic mass is 16.4. The van der Waals surface area contributed by atoms with Gasteiger partial charge in [0.05, 0.1) is 19.6 Å². The van der Waals surface area contributed by atoms with E-state index in [1.807, 2.05) is 0 Å². The SMILES string of the molecule is CNC(=O)C(C(=O)O)C1CN(CC(=O)O)CCN(CC(=O)O)CCN(CC(=O)O)CCN1. The van der Waals surface area contributed by atoms with Gasteiger partial charge in [0, 0.05) is 58.9 Å². The molecule has 0 saturated carbocycles. The summed E-state index contributed by atoms with van der Waals surface area (Å²) >= 11 is 0. The molecule has 0 aliphatic carbocycles. The second-order valence-corrected chi connectivity index (χ2v) is 7.46. The van der Waals surface area contributed by atoms with Gasteiger partial charge in [-0.25, -0.2) is 0 Å². The van der Waals surface area contributed by atoms with Crippen LogP contribution in [0.2, 0.25) is 0 Å². The largest absolute Gasteiger partial charge is 0.481 e. The fourth-order valence-electron chi connectivity index (χ4n) is 3.51. The van der Waals surface area contributed by atoms with Crippen LogP contribution in [0.25, 0.3) is 0 Å². The van der Waals surface area contributed by atoms with Gasteiger partial charge in [-0.1, -0.05) is 0 Å². The molecule has 0 spiro atoms. The van der Waals surface area contributed by atoms with Crippen molar-refractivity contribution in [2.24, 2.45) is 5.92 Å². The lowest BCUT2D eigenvalue weighted by Gasteiger charge is -2.34. The van der Waals surface area contributed by atoms with Gasteiger partial charge < -0.3 is 31.1 Å². The predicted molar refractivity (Wildman–Crippen MR) is 109 cm³/mol. The number of carbonyl (C=O) groups excluding carboxylic acids is 1. The molecule has 1 amide bonds. The molecule has 1 saturated heterocycles. The quantitative estimate of drug-likeness (QED) is 0.185. The average molecular weight is 461 g/mol. The van der Waals surface area contributed by atoms with Gasteiger partial charge in [-0.05, 0) is 0 Å². The summed E-state index contributed by atoms with van der Waals surface area (Å²) in [6.45, 7) is -0.0535. The minimum atomic E-state index is -1.51. The van der Waals surface area contributed by atoms with E-state index in [4.69, 9.17) is 10.2 Å². The van der Waals surface area contributed by atoms with Crippen LogP contribution in [0.1, 0.15) is 0 Å². The number of hydrogen-bond acceptors (Lipinski definition) is 9. The summed E-state index contributed by atoms with van der Waals surface area (Å²) in [5.74, 6) is -6.97. The molecular formula is C18H31N5O9. The number of carboxylic acid groups (broad SMARTS) is 4. The molecular weight excluding hydrogens is 430 g/mol. The van der Waals surface area contributed by atoms with Crippen LogP contribution in [0.15, 0.2) is 0 Å². The lowest BCUT2D eigenvalue weighted by molar-refractivity contribution is -0.148. The molecule has 14 nitrogen and oxygen atoms in total. The van der Waals surface area contributed by atoms with E-state index in [2.05, 4.69) is 10.6 Å². The topological polar surface area (TPSA) is 200 Å². The van der Waals surface area contributed by atoms with E-state index in [0.717, 1.165) is 0 Å². The van der Waals surface area contributed by atoms with E-state index >= 15 is 0 Å². The van der Waals surface area contributed by atoms with Gasteiger partial charge in [0.2, 0.25) is 5.91 Å². The molecule has 1 rings (SSSR count). The van der Waals surface area contributed by atoms with E-state index in [-0.39, 0.29) is 58.9 Å². The lowest BCUT2D eigenvalue weighted by Crippen LogP contribution is -2.56. The molecule has 182 valence electrons. The normalized spacial score (nSPS) is 21.0. The summed E-state index contributed by atoms with van der Waals surface area (Å²) in [6, 6.07) is -0.967. The molecule has 32 heavy (non-hydrogen) atoms. The van der Waals surface area contributed by atoms with E-state index in [1.165, 1.54) is 11.9 Å². The van der Waals surface area contributed by atoms with E-state index in [0.29, 0.717) is 0 Å². The van der Waals surface area contributed by atoms with Crippen LogP contribution in [0.4, 0.5) is 0 Å². The Kier molecular flexibility index (Phi) is 11.5. The summed E-state index contributed by atoms with van der Waals surface area (Å²) < 4.78 is 0. The third kappa shape index (κ3) is 10.00. The minimum Gasteiger partial charge on any atom is -0.481 e. The van der Waals surface area contributed by atoms with Crippen molar-refractivity contribution >= 4 is 29.8 Å². The predicted octanol–water partition coefficient (Wildman–Crippen LogP) is -3.44. The standard InChI is InChI=1S/C18H31N5O9/c1-19-17(30)16(18(31)32)12-8-23(11-15(28)29)7-6-22(10-14(26)27)5-4-21(3-2-20-12)9-13(24)25/h12,16,20H,2-11H2,1H3,(H,19,30)(H,24,25)(H,26,27)(H,28,29)(H,31,32). The Morgan fingerprint density at radius 1 is 0.812 bits per heavy atom. The van der Waals surface area contributed by atoms with Gasteiger partial charge in [0.25, 0.3) is 0 Å². The molecule has 1 fully saturated rings. The molecule has 0 radical (unpaired) electrons. The van der Waals surface area contributed by atoms with Gasteiger partial charge in [-0.2, -0.15) is 0 Å². The minimum absolute atomic E-state index is 0.101. The summed E-state index contributed by atoms with van der Waals surface area (Å²) in [6.07, 6.45) is 0. The highest BCUT2D eigenvalue weighted by Crippen LogP contribution is 2.09. The Labute approximate surface area is 184 Å². The smallest absolute Gasteiger partial charge is 0.317 e. The number of aliphatic carboxylic acids is 4. The van der Waals surface area contributed by atoms with Gasteiger partial charge >= 0.3 is 23.9 Å². The second kappa shape index (κ2) is 13.6. The van der Waals surface area contributed by atoms with Gasteiger partial charge in [-0.3, -0.25) is 38.7 Å². The third-order valence-corrected chi connectivity index (χ3v) is 5.03. The van der Waals surface area contributed by atoms with Crippen LogP contribution < -0.4 is 10.6 Å². The molecule has 1 aliphatic rings. The maximum absolute atomic E-state index is 12.2. The van der Waals surface area contributed by atoms with Crippen molar-refractivity contribution in [2.45, 2.75) is 6.04 Å². The number of carbonyl (C=O) groups is 5. The fraction of sp³-hybridized carbons (Fsp3) is 0.722. The highest BCUT2D eigenvalue weighted by molar-refractivity contribution is 5.97. The molecule has 1 aliphatic heterocycles. The lowest BCUT2D eigenvalue weighted by atomic mass is 9.97. The van der Waals surface area contributed by atoms with Crippen molar-refractivity contribution in [3.8, 4) is 0 Å². The fourth-order valence-corrected chi connectivity index (χ4v) is 3.51. The first-order valence-electron chi connectivity index (χ1n) is 10.0. The monoisotopic (exact) mass is 461 g/mol. The Morgan fingerprint density at radius 2 is 1.25 bits per heavy atom. The number of nitrogens with one attached hydrogen (secondary N) is 2. The number of carboxylic acids is 4. The van der Waals surface area contributed by atoms with Crippen molar-refractivity contribution < 1.29 is 44.4 Å². The van der Waals surface area contributed by atoms with Gasteiger partial charge in [0.15, 0.2) is 5.92 Å². The van der Waals surface area contributed by atoms with Crippen molar-refractivity contribution in [3.05, 3.63) is 0 Å². The molecule has 14 heteroatoms. The Balaban J connectivity index is 3.18. The first-order valence-corrected chi connectivity index (χ1v) is 10.0. The van der Waals surface area contributed by atoms with Crippen molar-refractivity contribution in [1.29, 1.82) is 0 Å². The van der Waals surface area contributed by atoms with E-state index < -0.39 is 48.3 Å². The Bertz CT molecular complexity index is 690. The Hall–Kier alpha value is -2.81. The molecule has 0 aromatic heterocycles. The van der Waals surface area contributed by atoms with Crippen molar-refractivity contribution in [3.63, 3.8) is 0 Å². The van der Waals surface area contributed by atoms with E-state index in [9.17, 15) is 34.2 Å². The van der Waals surface area contributed by atoms with Crippen molar-refractivity contribution in [2.75, 3.05) is 72.5 Å². The van der Waals surface area contributed by atoms with Gasteiger partial charge in [0.1, 0.15) is 0 Å². The number of rotatable bonds is 9. The molecule has 2 atom stereocenters. The first-order chi connectivity index (χ1) is 15.0. The molecule has 0 aromatic rings. The summed E-state index contributed by atoms with van der Waals surface area (Å²) in [5, 5.41) is 42.4. The average Bonchev–Trinajstić information content (AvgIpc) is 2.66. The maximum Gasteiger partial charge on any atom is 0.317 e. The van der Waals surface area contributed by atoms with Crippen LogP contribution in [0, 0.1) is 5.92 Å². The summed E-state index contributed by atoms with van der Waals surface area (Å²) in [4.78, 5) is 62.3. The van der Waals surface area contributed by atoms with Crippen molar-refractivity contribution in [1.82, 2.24) is 25.3 Å². The van der Waals surface area contributed by atoms with Crippen LogP contribution >= 0.6 is 0 Å². The molecule has 6 N–H and O–H groups in total. The molecule has 0 aromatic carbocycles. The number of hydrogen-bond donors (Lipinski definition) is 6. The van der Waals surface area contributed by atoms with Crippen LogP contribution in [0.3, 0.4) is 0 Å². The summed E-state index contributed by atoms with van der Waals surface area (Å²) in [5.41, 5.74) is 0. The van der Waals surface area contributed by atoms with Crippen LogP contribution in [-0.4, -0.2) is 143 Å². The van der Waals surface area contributed by atoms with Gasteiger partial charge in [-0.15, -0.1) is 0 Å². The second-order valence-electron chi connectivity index (χ2n) is 7.46. The van der Waals surface area contributed by atoms with Crippen LogP contribution in [0.5, 0.6) is 0 Å². The highest BCUT2D eigenvalue weighted by Gasteiger charge is 2.36. The molecule has 0 bridgehead atoms. The molecule has 1 heterocycles. The zero-order valence-electron chi connectivity index (χ0n) is 17.9. The summed E-state index contributed by atoms with van der Waals surface area (Å²) in [7, 11) is 1.29. The van der Waals surface area contributed by atoms with Crippen LogP contribution in [-0.2, 0) is 24.0 Å². The maximum atomic E-state index is 12.2. The zero-order chi connectivity index (χ0) is 24.3. The van der Waals surface area contributed by atoms with E-state index in [1.54, 1.807) is 9.80 Å². The first kappa shape index (κ1) is 27.2. The number of amides is 1. The zero-order valence-corrected chi connectivity index (χ0v) is 17.9. The number of nitrogens with zero attached hydrogens (tertiary/aromatic N) is 3. The molecule has 2 unspecified atom stereocenters.